The fourth-order valence-electron chi connectivity index (χ4n) is 3.16. The zero-order valence-corrected chi connectivity index (χ0v) is 12.0. The molecule has 0 bridgehead atoms. The third kappa shape index (κ3) is 2.09. The average Bonchev–Trinajstić information content (AvgIpc) is 2.37. The molecule has 1 heterocycles. The van der Waals surface area contributed by atoms with Gasteiger partial charge in [0.1, 0.15) is 0 Å². The molecule has 3 rings (SSSR count). The number of nitrogens with two attached hydrogens (primary N) is 1. The summed E-state index contributed by atoms with van der Waals surface area (Å²) < 4.78 is 0. The van der Waals surface area contributed by atoms with E-state index in [0.29, 0.717) is 11.3 Å². The van der Waals surface area contributed by atoms with Crippen LogP contribution < -0.4 is 5.73 Å². The van der Waals surface area contributed by atoms with Gasteiger partial charge in [0, 0.05) is 16.8 Å². The molecule has 0 aliphatic heterocycles. The molecule has 1 aliphatic rings. The number of benzene rings is 1. The summed E-state index contributed by atoms with van der Waals surface area (Å²) in [5.74, 6) is 0.699. The number of aryl methyl sites for hydroxylation is 1. The van der Waals surface area contributed by atoms with E-state index in [1.807, 2.05) is 12.1 Å². The summed E-state index contributed by atoms with van der Waals surface area (Å²) in [6.45, 7) is 6.98. The van der Waals surface area contributed by atoms with Gasteiger partial charge in [0.2, 0.25) is 0 Å². The second-order valence-electron chi connectivity index (χ2n) is 6.77. The molecule has 2 heteroatoms. The number of para-hydroxylation sites is 1. The van der Waals surface area contributed by atoms with Crippen molar-refractivity contribution in [2.75, 3.05) is 5.73 Å². The van der Waals surface area contributed by atoms with Crippen LogP contribution in [0.5, 0.6) is 0 Å². The quantitative estimate of drug-likeness (QED) is 0.772. The second-order valence-corrected chi connectivity index (χ2v) is 6.77. The van der Waals surface area contributed by atoms with Crippen molar-refractivity contribution in [3.8, 4) is 0 Å². The maximum atomic E-state index is 6.41. The molecule has 0 amide bonds. The SMILES string of the molecule is CC(C)(C)[C@@H]1CCc2nc3ccccc3c(N)c2C1. The van der Waals surface area contributed by atoms with Crippen molar-refractivity contribution in [1.82, 2.24) is 4.98 Å². The van der Waals surface area contributed by atoms with E-state index in [2.05, 4.69) is 32.9 Å². The van der Waals surface area contributed by atoms with Gasteiger partial charge in [-0.3, -0.25) is 4.98 Å². The van der Waals surface area contributed by atoms with E-state index in [4.69, 9.17) is 10.7 Å². The van der Waals surface area contributed by atoms with E-state index >= 15 is 0 Å². The highest BCUT2D eigenvalue weighted by Gasteiger charge is 2.30. The van der Waals surface area contributed by atoms with E-state index in [1.54, 1.807) is 0 Å². The van der Waals surface area contributed by atoms with Gasteiger partial charge in [0.15, 0.2) is 0 Å². The van der Waals surface area contributed by atoms with E-state index < -0.39 is 0 Å². The molecule has 0 saturated carbocycles. The van der Waals surface area contributed by atoms with Gasteiger partial charge in [-0.15, -0.1) is 0 Å². The first-order valence-corrected chi connectivity index (χ1v) is 7.13. The molecule has 0 saturated heterocycles. The van der Waals surface area contributed by atoms with Gasteiger partial charge in [-0.25, -0.2) is 0 Å². The molecule has 2 aromatic rings. The van der Waals surface area contributed by atoms with Crippen molar-refractivity contribution in [1.29, 1.82) is 0 Å². The highest BCUT2D eigenvalue weighted by Crippen LogP contribution is 2.40. The van der Waals surface area contributed by atoms with Crippen LogP contribution in [0.3, 0.4) is 0 Å². The summed E-state index contributed by atoms with van der Waals surface area (Å²) >= 11 is 0. The molecule has 1 aromatic heterocycles. The molecule has 2 nitrogen and oxygen atoms in total. The highest BCUT2D eigenvalue weighted by atomic mass is 14.7. The number of anilines is 1. The number of hydrogen-bond donors (Lipinski definition) is 1. The maximum Gasteiger partial charge on any atom is 0.0726 e. The fraction of sp³-hybridized carbons (Fsp3) is 0.471. The number of hydrogen-bond acceptors (Lipinski definition) is 2. The first kappa shape index (κ1) is 12.5. The lowest BCUT2D eigenvalue weighted by Crippen LogP contribution is -2.28. The molecule has 1 aromatic carbocycles. The van der Waals surface area contributed by atoms with Crippen molar-refractivity contribution in [3.05, 3.63) is 35.5 Å². The highest BCUT2D eigenvalue weighted by molar-refractivity contribution is 5.92. The molecule has 0 radical (unpaired) electrons. The monoisotopic (exact) mass is 254 g/mol. The van der Waals surface area contributed by atoms with E-state index in [0.717, 1.165) is 29.4 Å². The lowest BCUT2D eigenvalue weighted by atomic mass is 9.71. The van der Waals surface area contributed by atoms with Crippen molar-refractivity contribution in [2.24, 2.45) is 11.3 Å². The predicted octanol–water partition coefficient (Wildman–Crippen LogP) is 3.97. The first-order valence-electron chi connectivity index (χ1n) is 7.13. The Hall–Kier alpha value is -1.57. The summed E-state index contributed by atoms with van der Waals surface area (Å²) in [4.78, 5) is 4.81. The van der Waals surface area contributed by atoms with Crippen LogP contribution in [0.25, 0.3) is 10.9 Å². The molecule has 1 aliphatic carbocycles. The largest absolute Gasteiger partial charge is 0.398 e. The van der Waals surface area contributed by atoms with Gasteiger partial charge < -0.3 is 5.73 Å². The van der Waals surface area contributed by atoms with Crippen LogP contribution >= 0.6 is 0 Å². The minimum Gasteiger partial charge on any atom is -0.398 e. The number of fused-ring (bicyclic) bond motifs is 2. The van der Waals surface area contributed by atoms with Gasteiger partial charge in [-0.1, -0.05) is 39.0 Å². The molecule has 0 unspecified atom stereocenters. The average molecular weight is 254 g/mol. The molecule has 0 fully saturated rings. The Kier molecular flexibility index (Phi) is 2.77. The van der Waals surface area contributed by atoms with Gasteiger partial charge in [0.05, 0.1) is 5.52 Å². The maximum absolute atomic E-state index is 6.41. The Morgan fingerprint density at radius 1 is 1.21 bits per heavy atom. The van der Waals surface area contributed by atoms with Crippen LogP contribution in [-0.2, 0) is 12.8 Å². The van der Waals surface area contributed by atoms with Gasteiger partial charge in [0.25, 0.3) is 0 Å². The van der Waals surface area contributed by atoms with Crippen LogP contribution in [0.4, 0.5) is 5.69 Å². The van der Waals surface area contributed by atoms with Crippen molar-refractivity contribution >= 4 is 16.6 Å². The van der Waals surface area contributed by atoms with E-state index in [1.165, 1.54) is 17.7 Å². The van der Waals surface area contributed by atoms with Crippen molar-refractivity contribution in [3.63, 3.8) is 0 Å². The molecule has 19 heavy (non-hydrogen) atoms. The van der Waals surface area contributed by atoms with Crippen LogP contribution in [0.15, 0.2) is 24.3 Å². The third-order valence-corrected chi connectivity index (χ3v) is 4.53. The topological polar surface area (TPSA) is 38.9 Å². The van der Waals surface area contributed by atoms with Crippen molar-refractivity contribution in [2.45, 2.75) is 40.0 Å². The molecule has 0 spiro atoms. The van der Waals surface area contributed by atoms with Crippen LogP contribution in [0.1, 0.15) is 38.4 Å². The third-order valence-electron chi connectivity index (χ3n) is 4.53. The molecule has 100 valence electrons. The molecular formula is C17H22N2. The normalized spacial score (nSPS) is 19.4. The predicted molar refractivity (Wildman–Crippen MR) is 81.1 cm³/mol. The van der Waals surface area contributed by atoms with Gasteiger partial charge in [-0.05, 0) is 42.2 Å². The molecule has 2 N–H and O–H groups in total. The number of rotatable bonds is 0. The minimum atomic E-state index is 0.343. The Labute approximate surface area is 115 Å². The number of nitrogens with zero attached hydrogens (tertiary/aromatic N) is 1. The Morgan fingerprint density at radius 2 is 1.95 bits per heavy atom. The standard InChI is InChI=1S/C17H22N2/c1-17(2,3)11-8-9-15-13(10-11)16(18)12-6-4-5-7-14(12)19-15/h4-7,11H,8-10H2,1-3H3,(H2,18,19)/t11-/m1/s1. The summed E-state index contributed by atoms with van der Waals surface area (Å²) in [6, 6.07) is 8.21. The number of aromatic nitrogens is 1. The zero-order valence-electron chi connectivity index (χ0n) is 12.0. The van der Waals surface area contributed by atoms with Crippen LogP contribution in [0.2, 0.25) is 0 Å². The fourth-order valence-corrected chi connectivity index (χ4v) is 3.16. The Morgan fingerprint density at radius 3 is 2.68 bits per heavy atom. The van der Waals surface area contributed by atoms with Crippen LogP contribution in [0, 0.1) is 11.3 Å². The summed E-state index contributed by atoms with van der Waals surface area (Å²) in [5.41, 5.74) is 11.3. The lowest BCUT2D eigenvalue weighted by molar-refractivity contribution is 0.215. The molecule has 1 atom stereocenters. The first-order chi connectivity index (χ1) is 8.97. The Bertz CT molecular complexity index is 623. The number of nitrogen functional groups attached to an aromatic ring is 1. The summed E-state index contributed by atoms with van der Waals surface area (Å²) in [6.07, 6.45) is 3.36. The Balaban J connectivity index is 2.12. The van der Waals surface area contributed by atoms with Crippen LogP contribution in [-0.4, -0.2) is 4.98 Å². The smallest absolute Gasteiger partial charge is 0.0726 e. The lowest BCUT2D eigenvalue weighted by Gasteiger charge is -2.35. The van der Waals surface area contributed by atoms with E-state index in [-0.39, 0.29) is 0 Å². The molecular weight excluding hydrogens is 232 g/mol. The summed E-state index contributed by atoms with van der Waals surface area (Å²) in [5, 5.41) is 1.11. The van der Waals surface area contributed by atoms with Crippen molar-refractivity contribution < 1.29 is 0 Å². The number of pyridine rings is 1. The van der Waals surface area contributed by atoms with E-state index in [9.17, 15) is 0 Å². The van der Waals surface area contributed by atoms with Gasteiger partial charge >= 0.3 is 0 Å². The second kappa shape index (κ2) is 4.22. The zero-order chi connectivity index (χ0) is 13.6. The minimum absolute atomic E-state index is 0.343. The summed E-state index contributed by atoms with van der Waals surface area (Å²) in [7, 11) is 0. The van der Waals surface area contributed by atoms with Gasteiger partial charge in [-0.2, -0.15) is 0 Å².